The summed E-state index contributed by atoms with van der Waals surface area (Å²) in [6, 6.07) is 6.19. The van der Waals surface area contributed by atoms with Gasteiger partial charge in [0, 0.05) is 5.19 Å². The summed E-state index contributed by atoms with van der Waals surface area (Å²) in [7, 11) is -40.8. The largest absolute Gasteiger partial charge is 0.646 e. The van der Waals surface area contributed by atoms with E-state index in [2.05, 4.69) is 196 Å². The van der Waals surface area contributed by atoms with Crippen molar-refractivity contribution < 1.29 is 49.4 Å². The maximum absolute atomic E-state index is 7.87. The minimum Gasteiger partial charge on any atom is -0.413 e. The quantitative estimate of drug-likeness (QED) is 0.0824. The third-order valence-electron chi connectivity index (χ3n) is 6.50. The zero-order valence-electron chi connectivity index (χ0n) is 43.9. The predicted octanol–water partition coefficient (Wildman–Crippen LogP) is 11.8. The van der Waals surface area contributed by atoms with Gasteiger partial charge < -0.3 is 49.4 Å². The minimum atomic E-state index is -4.65. The Hall–Kier alpha value is 1.30. The van der Waals surface area contributed by atoms with Crippen LogP contribution in [0.5, 0.6) is 0 Å². The molecule has 0 spiro atoms. The Labute approximate surface area is 388 Å². The molecule has 0 saturated heterocycles. The van der Waals surface area contributed by atoms with Gasteiger partial charge in [0.05, 0.1) is 0 Å². The Morgan fingerprint density at radius 1 is 0.328 bits per heavy atom. The number of hydrogen-bond acceptors (Lipinski definition) is 12. The summed E-state index contributed by atoms with van der Waals surface area (Å²) in [6.07, 6.45) is 1.86. The number of benzene rings is 1. The zero-order valence-corrected chi connectivity index (χ0v) is 56.9. The van der Waals surface area contributed by atoms with Crippen molar-refractivity contribution in [1.82, 2.24) is 0 Å². The van der Waals surface area contributed by atoms with E-state index < -0.39 is 111 Å². The van der Waals surface area contributed by atoms with Crippen LogP contribution >= 0.6 is 0 Å². The van der Waals surface area contributed by atoms with Crippen LogP contribution in [0.3, 0.4) is 0 Å². The number of hydrogen-bond donors (Lipinski definition) is 0. The average molecular weight is 1080 g/mol. The lowest BCUT2D eigenvalue weighted by Crippen LogP contribution is -2.77. The first-order chi connectivity index (χ1) is 26.4. The number of rotatable bonds is 26. The van der Waals surface area contributed by atoms with Gasteiger partial charge in [-0.25, -0.2) is 0 Å². The lowest BCUT2D eigenvalue weighted by atomic mass is 10.1. The maximum atomic E-state index is 7.87. The van der Waals surface area contributed by atoms with Crippen LogP contribution in [0.2, 0.25) is 177 Å². The van der Waals surface area contributed by atoms with E-state index in [1.807, 2.05) is 18.2 Å². The minimum absolute atomic E-state index is 0.791. The summed E-state index contributed by atoms with van der Waals surface area (Å²) < 4.78 is 89.6. The lowest BCUT2D eigenvalue weighted by molar-refractivity contribution is 0.0254. The van der Waals surface area contributed by atoms with Crippen molar-refractivity contribution in [3.63, 3.8) is 0 Å². The van der Waals surface area contributed by atoms with Gasteiger partial charge in [0.15, 0.2) is 74.9 Å². The van der Waals surface area contributed by atoms with Crippen molar-refractivity contribution >= 4 is 122 Å². The maximum Gasteiger partial charge on any atom is 0.646 e. The molecule has 1 aromatic carbocycles. The molecule has 0 aliphatic heterocycles. The first-order valence-electron chi connectivity index (χ1n) is 21.6. The molecule has 61 heavy (non-hydrogen) atoms. The lowest BCUT2D eigenvalue weighted by Gasteiger charge is -2.50. The standard InChI is InChI=1S/C36H90O12Si13/c1-30-35-31-32-36(33-34(35)2)58(37-49(3,4)5,38-50(6,7)8)46-60(42-54(18,19)20,43-55(21,22)23)48-61(44-56(24,25)26,45-57(27,28)29)47-59(39-51(9,10)11,40-52(12,13)14)41-53(15,16)17/h30-33H,1H2,2-29H3. The van der Waals surface area contributed by atoms with Crippen molar-refractivity contribution in [1.29, 1.82) is 0 Å². The number of aryl methyl sites for hydroxylation is 1. The fourth-order valence-electron chi connectivity index (χ4n) is 5.61. The van der Waals surface area contributed by atoms with Gasteiger partial charge in [-0.15, -0.1) is 0 Å². The van der Waals surface area contributed by atoms with E-state index in [1.165, 1.54) is 0 Å². The second-order valence-corrected chi connectivity index (χ2v) is 77.1. The highest BCUT2D eigenvalue weighted by atomic mass is 28.6. The molecule has 0 unspecified atom stereocenters. The summed E-state index contributed by atoms with van der Waals surface area (Å²) in [5.41, 5.74) is 2.02. The molecule has 0 radical (unpaired) electrons. The van der Waals surface area contributed by atoms with E-state index in [4.69, 9.17) is 49.4 Å². The van der Waals surface area contributed by atoms with E-state index in [-0.39, 0.29) is 0 Å². The van der Waals surface area contributed by atoms with Gasteiger partial charge >= 0.3 is 35.9 Å². The molecule has 0 heterocycles. The Balaban J connectivity index is 4.95. The monoisotopic (exact) mass is 1080 g/mol. The van der Waals surface area contributed by atoms with Gasteiger partial charge in [-0.3, -0.25) is 0 Å². The van der Waals surface area contributed by atoms with Crippen LogP contribution in [0, 0.1) is 6.92 Å². The van der Waals surface area contributed by atoms with Crippen LogP contribution < -0.4 is 5.19 Å². The molecule has 1 aromatic rings. The molecule has 358 valence electrons. The van der Waals surface area contributed by atoms with E-state index in [0.29, 0.717) is 0 Å². The third kappa shape index (κ3) is 24.2. The zero-order chi connectivity index (χ0) is 48.5. The van der Waals surface area contributed by atoms with Crippen molar-refractivity contribution in [2.75, 3.05) is 0 Å². The molecule has 0 fully saturated rings. The van der Waals surface area contributed by atoms with Crippen LogP contribution in [0.1, 0.15) is 11.1 Å². The summed E-state index contributed by atoms with van der Waals surface area (Å²) in [4.78, 5) is 0. The van der Waals surface area contributed by atoms with E-state index in [9.17, 15) is 0 Å². The second kappa shape index (κ2) is 20.5. The fourth-order valence-corrected chi connectivity index (χ4v) is 50.3. The molecule has 0 atom stereocenters. The second-order valence-electron chi connectivity index (χ2n) is 24.6. The van der Waals surface area contributed by atoms with E-state index >= 15 is 0 Å². The average Bonchev–Trinajstić information content (AvgIpc) is 2.82. The Bertz CT molecular complexity index is 1500. The normalized spacial score (nSPS) is 15.4. The highest BCUT2D eigenvalue weighted by Gasteiger charge is 2.72. The van der Waals surface area contributed by atoms with Gasteiger partial charge in [0.2, 0.25) is 0 Å². The molecule has 0 aliphatic rings. The molecule has 0 aromatic heterocycles. The highest BCUT2D eigenvalue weighted by molar-refractivity contribution is 6.99. The van der Waals surface area contributed by atoms with E-state index in [1.54, 1.807) is 0 Å². The third-order valence-corrected chi connectivity index (χ3v) is 44.8. The van der Waals surface area contributed by atoms with Crippen LogP contribution in [0.4, 0.5) is 0 Å². The van der Waals surface area contributed by atoms with Gasteiger partial charge in [-0.1, -0.05) is 30.9 Å². The molecule has 0 bridgehead atoms. The summed E-state index contributed by atoms with van der Waals surface area (Å²) >= 11 is 0. The first-order valence-corrected chi connectivity index (χ1v) is 58.9. The van der Waals surface area contributed by atoms with Gasteiger partial charge in [-0.05, 0) is 195 Å². The molecule has 1 rings (SSSR count). The molecule has 12 nitrogen and oxygen atoms in total. The molecular formula is C36H90O12Si13. The van der Waals surface area contributed by atoms with Gasteiger partial charge in [0.1, 0.15) is 0 Å². The van der Waals surface area contributed by atoms with Crippen LogP contribution in [-0.4, -0.2) is 111 Å². The molecular weight excluding hydrogens is 990 g/mol. The van der Waals surface area contributed by atoms with E-state index in [0.717, 1.165) is 16.3 Å². The molecule has 0 aliphatic carbocycles. The molecule has 25 heteroatoms. The summed E-state index contributed by atoms with van der Waals surface area (Å²) in [5, 5.41) is 0.791. The predicted molar refractivity (Wildman–Crippen MR) is 287 cm³/mol. The van der Waals surface area contributed by atoms with Gasteiger partial charge in [0.25, 0.3) is 0 Å². The topological polar surface area (TPSA) is 111 Å². The summed E-state index contributed by atoms with van der Waals surface area (Å²) in [6.45, 7) is 63.4. The highest BCUT2D eigenvalue weighted by Crippen LogP contribution is 2.39. The Kier molecular flexibility index (Phi) is 20.3. The molecule has 0 amide bonds. The fraction of sp³-hybridized carbons (Fsp3) is 0.778. The summed E-state index contributed by atoms with van der Waals surface area (Å²) in [5.74, 6) is 0. The molecule has 0 N–H and O–H groups in total. The molecule has 0 saturated carbocycles. The Morgan fingerprint density at radius 2 is 0.557 bits per heavy atom. The van der Waals surface area contributed by atoms with Crippen molar-refractivity contribution in [2.24, 2.45) is 0 Å². The van der Waals surface area contributed by atoms with Crippen molar-refractivity contribution in [3.05, 3.63) is 35.9 Å². The van der Waals surface area contributed by atoms with Crippen molar-refractivity contribution in [3.8, 4) is 0 Å². The van der Waals surface area contributed by atoms with Gasteiger partial charge in [-0.2, -0.15) is 0 Å². The SMILES string of the molecule is C=Cc1ccc([Si](O[Si](C)(C)C)(O[Si](C)(C)C)O[Si](O[Si](C)(C)C)(O[Si](C)(C)C)O[Si](O[Si](C)(C)C)(O[Si](C)(C)C)O[Si](O[Si](C)(C)C)(O[Si](C)(C)C)O[Si](C)(C)C)cc1C. The first kappa shape index (κ1) is 60.3. The smallest absolute Gasteiger partial charge is 0.413 e. The Morgan fingerprint density at radius 3 is 0.770 bits per heavy atom. The van der Waals surface area contributed by atoms with Crippen LogP contribution in [-0.2, 0) is 49.4 Å². The van der Waals surface area contributed by atoms with Crippen LogP contribution in [0.25, 0.3) is 6.08 Å². The van der Waals surface area contributed by atoms with Crippen molar-refractivity contribution in [2.45, 2.75) is 184 Å². The van der Waals surface area contributed by atoms with Crippen LogP contribution in [0.15, 0.2) is 24.8 Å².